The Morgan fingerprint density at radius 1 is 1.07 bits per heavy atom. The van der Waals surface area contributed by atoms with E-state index in [1.807, 2.05) is 26.0 Å². The van der Waals surface area contributed by atoms with Gasteiger partial charge < -0.3 is 9.47 Å². The number of benzene rings is 1. The third kappa shape index (κ3) is 7.56. The SMILES string of the molecule is CC.CC(=O)COCCOc1ccc(C2=CC=CC(C)(C(C)C)C=C2)cc1. The Morgan fingerprint density at radius 3 is 2.33 bits per heavy atom. The van der Waals surface area contributed by atoms with Crippen molar-refractivity contribution < 1.29 is 14.3 Å². The molecule has 0 fully saturated rings. The minimum Gasteiger partial charge on any atom is -0.491 e. The molecule has 0 radical (unpaired) electrons. The predicted octanol–water partition coefficient (Wildman–Crippen LogP) is 5.87. The molecule has 3 nitrogen and oxygen atoms in total. The van der Waals surface area contributed by atoms with Gasteiger partial charge in [-0.25, -0.2) is 0 Å². The second-order valence-electron chi connectivity index (χ2n) is 6.96. The predicted molar refractivity (Wildman–Crippen MR) is 114 cm³/mol. The Kier molecular flexibility index (Phi) is 9.81. The van der Waals surface area contributed by atoms with E-state index in [1.54, 1.807) is 0 Å². The van der Waals surface area contributed by atoms with E-state index in [9.17, 15) is 4.79 Å². The molecule has 2 rings (SSSR count). The zero-order valence-electron chi connectivity index (χ0n) is 17.6. The van der Waals surface area contributed by atoms with Gasteiger partial charge in [0, 0.05) is 5.41 Å². The number of ether oxygens (including phenoxy) is 2. The van der Waals surface area contributed by atoms with Crippen LogP contribution in [0.25, 0.3) is 5.57 Å². The van der Waals surface area contributed by atoms with Crippen molar-refractivity contribution in [2.75, 3.05) is 19.8 Å². The fraction of sp³-hybridized carbons (Fsp3) is 0.458. The lowest BCUT2D eigenvalue weighted by Crippen LogP contribution is -2.17. The molecule has 1 aliphatic carbocycles. The van der Waals surface area contributed by atoms with Crippen molar-refractivity contribution in [2.45, 2.75) is 41.5 Å². The number of Topliss-reactive ketones (excluding diaryl/α,β-unsaturated/α-hetero) is 1. The van der Waals surface area contributed by atoms with Gasteiger partial charge in [0.15, 0.2) is 5.78 Å². The Labute approximate surface area is 164 Å². The minimum atomic E-state index is 0.0247. The Balaban J connectivity index is 0.00000176. The molecule has 0 bridgehead atoms. The topological polar surface area (TPSA) is 35.5 Å². The van der Waals surface area contributed by atoms with Gasteiger partial charge in [0.1, 0.15) is 19.0 Å². The lowest BCUT2D eigenvalue weighted by atomic mass is 9.79. The van der Waals surface area contributed by atoms with Crippen LogP contribution in [0.5, 0.6) is 5.75 Å². The molecular weight excluding hydrogens is 336 g/mol. The van der Waals surface area contributed by atoms with Gasteiger partial charge in [0.05, 0.1) is 6.61 Å². The highest BCUT2D eigenvalue weighted by Crippen LogP contribution is 2.34. The number of allylic oxidation sites excluding steroid dienone is 6. The van der Waals surface area contributed by atoms with E-state index in [2.05, 4.69) is 63.3 Å². The fourth-order valence-corrected chi connectivity index (χ4v) is 2.49. The average molecular weight is 371 g/mol. The molecule has 1 aromatic rings. The quantitative estimate of drug-likeness (QED) is 0.537. The van der Waals surface area contributed by atoms with Crippen molar-refractivity contribution in [2.24, 2.45) is 11.3 Å². The highest BCUT2D eigenvalue weighted by molar-refractivity contribution is 5.77. The Morgan fingerprint density at radius 2 is 1.74 bits per heavy atom. The second-order valence-corrected chi connectivity index (χ2v) is 6.96. The van der Waals surface area contributed by atoms with Gasteiger partial charge in [-0.05, 0) is 36.1 Å². The van der Waals surface area contributed by atoms with Crippen LogP contribution >= 0.6 is 0 Å². The smallest absolute Gasteiger partial charge is 0.155 e. The van der Waals surface area contributed by atoms with Crippen LogP contribution < -0.4 is 4.74 Å². The van der Waals surface area contributed by atoms with Crippen molar-refractivity contribution >= 4 is 11.4 Å². The number of ketones is 1. The van der Waals surface area contributed by atoms with Crippen molar-refractivity contribution in [3.63, 3.8) is 0 Å². The van der Waals surface area contributed by atoms with Gasteiger partial charge in [0.25, 0.3) is 0 Å². The summed E-state index contributed by atoms with van der Waals surface area (Å²) in [6.45, 7) is 13.2. The molecule has 0 saturated heterocycles. The molecule has 1 atom stereocenters. The van der Waals surface area contributed by atoms with E-state index in [0.717, 1.165) is 11.3 Å². The van der Waals surface area contributed by atoms with Crippen LogP contribution in [-0.4, -0.2) is 25.6 Å². The second kappa shape index (κ2) is 11.6. The first-order valence-corrected chi connectivity index (χ1v) is 9.80. The maximum absolute atomic E-state index is 10.8. The minimum absolute atomic E-state index is 0.0247. The third-order valence-electron chi connectivity index (χ3n) is 4.59. The van der Waals surface area contributed by atoms with Crippen LogP contribution in [0.1, 0.15) is 47.1 Å². The molecule has 0 saturated carbocycles. The molecule has 148 valence electrons. The van der Waals surface area contributed by atoms with Crippen molar-refractivity contribution in [1.82, 2.24) is 0 Å². The first-order chi connectivity index (χ1) is 12.9. The summed E-state index contributed by atoms with van der Waals surface area (Å²) in [7, 11) is 0. The number of hydrogen-bond donors (Lipinski definition) is 0. The van der Waals surface area contributed by atoms with E-state index in [0.29, 0.717) is 19.1 Å². The zero-order valence-corrected chi connectivity index (χ0v) is 17.6. The number of carbonyl (C=O) groups excluding carboxylic acids is 1. The number of rotatable bonds is 8. The van der Waals surface area contributed by atoms with E-state index >= 15 is 0 Å². The van der Waals surface area contributed by atoms with Gasteiger partial charge in [-0.2, -0.15) is 0 Å². The summed E-state index contributed by atoms with van der Waals surface area (Å²) in [6.07, 6.45) is 11.0. The first kappa shape index (κ1) is 22.9. The van der Waals surface area contributed by atoms with Crippen molar-refractivity contribution in [3.8, 4) is 5.75 Å². The van der Waals surface area contributed by atoms with E-state index in [4.69, 9.17) is 9.47 Å². The van der Waals surface area contributed by atoms with Gasteiger partial charge in [-0.1, -0.05) is 77.1 Å². The molecular formula is C24H34O3. The zero-order chi connectivity index (χ0) is 20.3. The van der Waals surface area contributed by atoms with Crippen molar-refractivity contribution in [3.05, 3.63) is 60.2 Å². The highest BCUT2D eigenvalue weighted by atomic mass is 16.5. The fourth-order valence-electron chi connectivity index (χ4n) is 2.49. The van der Waals surface area contributed by atoms with Gasteiger partial charge in [-0.15, -0.1) is 0 Å². The molecule has 0 aromatic heterocycles. The summed E-state index contributed by atoms with van der Waals surface area (Å²) >= 11 is 0. The van der Waals surface area contributed by atoms with E-state index < -0.39 is 0 Å². The standard InChI is InChI=1S/C22H28O3.C2H6/c1-17(2)22(4)12-5-6-19(11-13-22)20-7-9-21(10-8-20)25-15-14-24-16-18(3)23;1-2/h5-13,17H,14-16H2,1-4H3;1-2H3. The van der Waals surface area contributed by atoms with Crippen LogP contribution in [0.15, 0.2) is 54.6 Å². The summed E-state index contributed by atoms with van der Waals surface area (Å²) < 4.78 is 10.8. The lowest BCUT2D eigenvalue weighted by Gasteiger charge is -2.26. The largest absolute Gasteiger partial charge is 0.491 e. The van der Waals surface area contributed by atoms with Gasteiger partial charge in [-0.3, -0.25) is 4.79 Å². The molecule has 27 heavy (non-hydrogen) atoms. The molecule has 1 aliphatic rings. The molecule has 0 N–H and O–H groups in total. The van der Waals surface area contributed by atoms with Gasteiger partial charge in [0.2, 0.25) is 0 Å². The average Bonchev–Trinajstić information content (AvgIpc) is 2.86. The van der Waals surface area contributed by atoms with Crippen LogP contribution in [0.3, 0.4) is 0 Å². The number of carbonyl (C=O) groups is 1. The third-order valence-corrected chi connectivity index (χ3v) is 4.59. The molecule has 0 amide bonds. The summed E-state index contributed by atoms with van der Waals surface area (Å²) in [5, 5.41) is 0. The van der Waals surface area contributed by atoms with Crippen LogP contribution in [0.4, 0.5) is 0 Å². The molecule has 3 heteroatoms. The van der Waals surface area contributed by atoms with Crippen molar-refractivity contribution in [1.29, 1.82) is 0 Å². The summed E-state index contributed by atoms with van der Waals surface area (Å²) in [4.78, 5) is 10.8. The molecule has 0 spiro atoms. The Hall–Kier alpha value is -2.13. The Bertz CT molecular complexity index is 665. The number of hydrogen-bond acceptors (Lipinski definition) is 3. The van der Waals surface area contributed by atoms with Crippen LogP contribution in [0.2, 0.25) is 0 Å². The van der Waals surface area contributed by atoms with Crippen LogP contribution in [0, 0.1) is 11.3 Å². The lowest BCUT2D eigenvalue weighted by molar-refractivity contribution is -0.121. The highest BCUT2D eigenvalue weighted by Gasteiger charge is 2.22. The summed E-state index contributed by atoms with van der Waals surface area (Å²) in [6, 6.07) is 8.05. The first-order valence-electron chi connectivity index (χ1n) is 9.80. The monoisotopic (exact) mass is 370 g/mol. The van der Waals surface area contributed by atoms with E-state index in [-0.39, 0.29) is 17.8 Å². The van der Waals surface area contributed by atoms with Gasteiger partial charge >= 0.3 is 0 Å². The molecule has 1 aromatic carbocycles. The summed E-state index contributed by atoms with van der Waals surface area (Å²) in [5.74, 6) is 1.38. The summed E-state index contributed by atoms with van der Waals surface area (Å²) in [5.41, 5.74) is 2.44. The van der Waals surface area contributed by atoms with E-state index in [1.165, 1.54) is 12.5 Å². The van der Waals surface area contributed by atoms with Crippen LogP contribution in [-0.2, 0) is 9.53 Å². The molecule has 0 aliphatic heterocycles. The molecule has 0 heterocycles. The normalized spacial score (nSPS) is 18.4. The maximum Gasteiger partial charge on any atom is 0.155 e. The maximum atomic E-state index is 10.8. The molecule has 1 unspecified atom stereocenters.